The molecule has 0 aliphatic carbocycles. The molecule has 0 saturated carbocycles. The molecule has 1 N–H and O–H groups in total. The average Bonchev–Trinajstić information content (AvgIpc) is 2.80. The van der Waals surface area contributed by atoms with Crippen molar-refractivity contribution < 1.29 is 4.79 Å². The molecule has 0 atom stereocenters. The molecule has 2 rings (SSSR count). The van der Waals surface area contributed by atoms with E-state index < -0.39 is 0 Å². The number of hydrogen-bond donors (Lipinski definition) is 1. The second-order valence-corrected chi connectivity index (χ2v) is 4.39. The lowest BCUT2D eigenvalue weighted by Gasteiger charge is -2.04. The fourth-order valence-electron chi connectivity index (χ4n) is 1.22. The first-order valence-electron chi connectivity index (χ1n) is 4.62. The van der Waals surface area contributed by atoms with Gasteiger partial charge in [0.25, 0.3) is 5.91 Å². The molecule has 84 valence electrons. The van der Waals surface area contributed by atoms with Crippen LogP contribution in [0.5, 0.6) is 0 Å². The number of rotatable bonds is 2. The molecular weight excluding hydrogens is 258 g/mol. The molecule has 2 aromatic heterocycles. The molecular formula is C11H6ClN3OS. The van der Waals surface area contributed by atoms with Crippen LogP contribution < -0.4 is 5.32 Å². The van der Waals surface area contributed by atoms with Gasteiger partial charge in [0, 0.05) is 6.20 Å². The zero-order chi connectivity index (χ0) is 12.3. The van der Waals surface area contributed by atoms with Crippen molar-refractivity contribution in [3.63, 3.8) is 0 Å². The van der Waals surface area contributed by atoms with E-state index in [1.807, 2.05) is 6.07 Å². The fraction of sp³-hybridized carbons (Fsp3) is 0. The standard InChI is InChI=1S/C11H6ClN3OS/c12-8-2-1-4-14-10(8)15-11(16)9-7(6-13)3-5-17-9/h1-5H,(H,14,15,16). The number of amides is 1. The zero-order valence-corrected chi connectivity index (χ0v) is 10.0. The molecule has 0 aliphatic rings. The quantitative estimate of drug-likeness (QED) is 0.906. The summed E-state index contributed by atoms with van der Waals surface area (Å²) in [7, 11) is 0. The van der Waals surface area contributed by atoms with Gasteiger partial charge in [-0.05, 0) is 23.6 Å². The van der Waals surface area contributed by atoms with Crippen molar-refractivity contribution in [2.24, 2.45) is 0 Å². The van der Waals surface area contributed by atoms with Gasteiger partial charge in [-0.1, -0.05) is 11.6 Å². The summed E-state index contributed by atoms with van der Waals surface area (Å²) in [4.78, 5) is 16.2. The normalized spacial score (nSPS) is 9.65. The van der Waals surface area contributed by atoms with Crippen LogP contribution in [0.1, 0.15) is 15.2 Å². The molecule has 0 radical (unpaired) electrons. The summed E-state index contributed by atoms with van der Waals surface area (Å²) in [6, 6.07) is 6.85. The molecule has 17 heavy (non-hydrogen) atoms. The minimum Gasteiger partial charge on any atom is -0.305 e. The maximum atomic E-state index is 11.9. The highest BCUT2D eigenvalue weighted by atomic mass is 35.5. The van der Waals surface area contributed by atoms with Crippen LogP contribution >= 0.6 is 22.9 Å². The summed E-state index contributed by atoms with van der Waals surface area (Å²) in [6.07, 6.45) is 1.53. The van der Waals surface area contributed by atoms with Gasteiger partial charge >= 0.3 is 0 Å². The monoisotopic (exact) mass is 263 g/mol. The molecule has 0 aromatic carbocycles. The number of pyridine rings is 1. The summed E-state index contributed by atoms with van der Waals surface area (Å²) in [5.41, 5.74) is 0.347. The number of halogens is 1. The lowest BCUT2D eigenvalue weighted by atomic mass is 10.3. The summed E-state index contributed by atoms with van der Waals surface area (Å²) >= 11 is 7.07. The van der Waals surface area contributed by atoms with E-state index in [2.05, 4.69) is 10.3 Å². The summed E-state index contributed by atoms with van der Waals surface area (Å²) < 4.78 is 0. The predicted molar refractivity (Wildman–Crippen MR) is 66.2 cm³/mol. The van der Waals surface area contributed by atoms with Crippen molar-refractivity contribution in [1.29, 1.82) is 5.26 Å². The molecule has 0 aliphatic heterocycles. The van der Waals surface area contributed by atoms with Crippen LogP contribution in [0, 0.1) is 11.3 Å². The van der Waals surface area contributed by atoms with Gasteiger partial charge in [-0.2, -0.15) is 5.26 Å². The maximum Gasteiger partial charge on any atom is 0.268 e. The Kier molecular flexibility index (Phi) is 3.38. The van der Waals surface area contributed by atoms with Crippen molar-refractivity contribution in [2.45, 2.75) is 0 Å². The number of aromatic nitrogens is 1. The predicted octanol–water partition coefficient (Wildman–Crippen LogP) is 2.92. The second-order valence-electron chi connectivity index (χ2n) is 3.06. The van der Waals surface area contributed by atoms with Crippen LogP contribution in [0.4, 0.5) is 5.82 Å². The van der Waals surface area contributed by atoms with E-state index in [1.165, 1.54) is 17.5 Å². The number of anilines is 1. The molecule has 0 unspecified atom stereocenters. The van der Waals surface area contributed by atoms with Crippen molar-refractivity contribution >= 4 is 34.7 Å². The van der Waals surface area contributed by atoms with Crippen LogP contribution in [0.2, 0.25) is 5.02 Å². The van der Waals surface area contributed by atoms with E-state index in [4.69, 9.17) is 16.9 Å². The number of carbonyl (C=O) groups excluding carboxylic acids is 1. The third-order valence-electron chi connectivity index (χ3n) is 1.98. The number of nitriles is 1. The van der Waals surface area contributed by atoms with Crippen LogP contribution in [-0.4, -0.2) is 10.9 Å². The molecule has 0 spiro atoms. The summed E-state index contributed by atoms with van der Waals surface area (Å²) in [5.74, 6) is -0.0893. The van der Waals surface area contributed by atoms with Gasteiger partial charge in [0.2, 0.25) is 0 Å². The van der Waals surface area contributed by atoms with Crippen molar-refractivity contribution in [3.8, 4) is 6.07 Å². The molecule has 6 heteroatoms. The minimum absolute atomic E-state index is 0.288. The molecule has 4 nitrogen and oxygen atoms in total. The minimum atomic E-state index is -0.378. The molecule has 1 amide bonds. The van der Waals surface area contributed by atoms with Crippen molar-refractivity contribution in [2.75, 3.05) is 5.32 Å². The highest BCUT2D eigenvalue weighted by molar-refractivity contribution is 7.12. The van der Waals surface area contributed by atoms with Crippen molar-refractivity contribution in [1.82, 2.24) is 4.98 Å². The Morgan fingerprint density at radius 1 is 1.53 bits per heavy atom. The van der Waals surface area contributed by atoms with Crippen LogP contribution in [0.3, 0.4) is 0 Å². The highest BCUT2D eigenvalue weighted by Gasteiger charge is 2.14. The number of hydrogen-bond acceptors (Lipinski definition) is 4. The molecule has 2 aromatic rings. The third-order valence-corrected chi connectivity index (χ3v) is 3.20. The van der Waals surface area contributed by atoms with Gasteiger partial charge < -0.3 is 5.32 Å². The zero-order valence-electron chi connectivity index (χ0n) is 8.48. The third kappa shape index (κ3) is 2.44. The van der Waals surface area contributed by atoms with E-state index in [-0.39, 0.29) is 11.7 Å². The van der Waals surface area contributed by atoms with E-state index in [1.54, 1.807) is 23.6 Å². The van der Waals surface area contributed by atoms with Crippen molar-refractivity contribution in [3.05, 3.63) is 45.2 Å². The largest absolute Gasteiger partial charge is 0.305 e. The average molecular weight is 264 g/mol. The van der Waals surface area contributed by atoms with E-state index in [9.17, 15) is 4.79 Å². The van der Waals surface area contributed by atoms with E-state index in [0.29, 0.717) is 15.5 Å². The van der Waals surface area contributed by atoms with Crippen LogP contribution in [-0.2, 0) is 0 Å². The summed E-state index contributed by atoms with van der Waals surface area (Å²) in [5, 5.41) is 13.4. The molecule has 2 heterocycles. The van der Waals surface area contributed by atoms with E-state index >= 15 is 0 Å². The first kappa shape index (κ1) is 11.6. The lowest BCUT2D eigenvalue weighted by molar-refractivity contribution is 0.103. The Morgan fingerprint density at radius 3 is 3.06 bits per heavy atom. The smallest absolute Gasteiger partial charge is 0.268 e. The molecule has 0 saturated heterocycles. The lowest BCUT2D eigenvalue weighted by Crippen LogP contribution is -2.12. The van der Waals surface area contributed by atoms with Gasteiger partial charge in [-0.25, -0.2) is 4.98 Å². The fourth-order valence-corrected chi connectivity index (χ4v) is 2.12. The van der Waals surface area contributed by atoms with Gasteiger partial charge in [0.1, 0.15) is 10.9 Å². The number of carbonyl (C=O) groups is 1. The van der Waals surface area contributed by atoms with Crippen LogP contribution in [0.25, 0.3) is 0 Å². The van der Waals surface area contributed by atoms with Gasteiger partial charge in [0.05, 0.1) is 10.6 Å². The van der Waals surface area contributed by atoms with Crippen LogP contribution in [0.15, 0.2) is 29.8 Å². The van der Waals surface area contributed by atoms with Gasteiger partial charge in [-0.3, -0.25) is 4.79 Å². The Bertz CT molecular complexity index is 603. The van der Waals surface area contributed by atoms with Gasteiger partial charge in [0.15, 0.2) is 5.82 Å². The van der Waals surface area contributed by atoms with E-state index in [0.717, 1.165) is 0 Å². The number of thiophene rings is 1. The summed E-state index contributed by atoms with van der Waals surface area (Å²) in [6.45, 7) is 0. The Morgan fingerprint density at radius 2 is 2.35 bits per heavy atom. The number of nitrogens with zero attached hydrogens (tertiary/aromatic N) is 2. The first-order chi connectivity index (χ1) is 8.22. The first-order valence-corrected chi connectivity index (χ1v) is 5.87. The second kappa shape index (κ2) is 4.95. The molecule has 0 bridgehead atoms. The Labute approximate surface area is 106 Å². The Hall–Kier alpha value is -1.90. The maximum absolute atomic E-state index is 11.9. The Balaban J connectivity index is 2.24. The SMILES string of the molecule is N#Cc1ccsc1C(=O)Nc1ncccc1Cl. The highest BCUT2D eigenvalue weighted by Crippen LogP contribution is 2.21. The van der Waals surface area contributed by atoms with Gasteiger partial charge in [-0.15, -0.1) is 11.3 Å². The topological polar surface area (TPSA) is 65.8 Å². The molecule has 0 fully saturated rings. The number of nitrogens with one attached hydrogen (secondary N) is 1.